The van der Waals surface area contributed by atoms with Gasteiger partial charge in [0.25, 0.3) is 0 Å². The van der Waals surface area contributed by atoms with Gasteiger partial charge in [0.05, 0.1) is 21.3 Å². The van der Waals surface area contributed by atoms with Crippen molar-refractivity contribution in [2.24, 2.45) is 0 Å². The van der Waals surface area contributed by atoms with Gasteiger partial charge in [0.2, 0.25) is 23.5 Å². The van der Waals surface area contributed by atoms with E-state index in [9.17, 15) is 14.4 Å². The monoisotopic (exact) mass is 581 g/mol. The van der Waals surface area contributed by atoms with Crippen LogP contribution in [-0.4, -0.2) is 80.6 Å². The van der Waals surface area contributed by atoms with Crippen molar-refractivity contribution < 1.29 is 28.6 Å². The fourth-order valence-electron chi connectivity index (χ4n) is 5.34. The van der Waals surface area contributed by atoms with Crippen LogP contribution in [0.4, 0.5) is 0 Å². The minimum absolute atomic E-state index is 0.113. The van der Waals surface area contributed by atoms with E-state index in [1.807, 2.05) is 36.4 Å². The topological polar surface area (TPSA) is 97.4 Å². The predicted octanol–water partition coefficient (Wildman–Crippen LogP) is 4.85. The quantitative estimate of drug-likeness (QED) is 0.285. The maximum absolute atomic E-state index is 13.8. The molecule has 1 N–H and O–H groups in total. The highest BCUT2D eigenvalue weighted by Gasteiger charge is 2.44. The average Bonchev–Trinajstić information content (AvgIpc) is 3.01. The number of hydrogen-bond acceptors (Lipinski definition) is 6. The molecule has 42 heavy (non-hydrogen) atoms. The summed E-state index contributed by atoms with van der Waals surface area (Å²) in [5.74, 6) is 1.12. The first-order valence-corrected chi connectivity index (χ1v) is 15.1. The van der Waals surface area contributed by atoms with Crippen LogP contribution in [0, 0.1) is 0 Å². The average molecular weight is 582 g/mol. The van der Waals surface area contributed by atoms with Crippen LogP contribution in [0.3, 0.4) is 0 Å². The normalized spacial score (nSPS) is 16.9. The first kappa shape index (κ1) is 32.8. The van der Waals surface area contributed by atoms with Crippen molar-refractivity contribution in [2.45, 2.75) is 77.8 Å². The lowest BCUT2D eigenvalue weighted by Gasteiger charge is -2.44. The molecule has 2 aromatic rings. The van der Waals surface area contributed by atoms with E-state index in [1.54, 1.807) is 33.2 Å². The molecule has 3 amide bonds. The van der Waals surface area contributed by atoms with E-state index in [0.29, 0.717) is 36.8 Å². The second-order valence-corrected chi connectivity index (χ2v) is 10.8. The zero-order valence-corrected chi connectivity index (χ0v) is 26.0. The number of carbonyl (C=O) groups excluding carboxylic acids is 3. The smallest absolute Gasteiger partial charge is 0.246 e. The Morgan fingerprint density at radius 3 is 2.02 bits per heavy atom. The van der Waals surface area contributed by atoms with Crippen LogP contribution in [0.2, 0.25) is 0 Å². The first-order chi connectivity index (χ1) is 20.3. The van der Waals surface area contributed by atoms with Crippen molar-refractivity contribution >= 4 is 17.7 Å². The van der Waals surface area contributed by atoms with E-state index in [1.165, 1.54) is 4.90 Å². The number of unbranched alkanes of at least 4 members (excludes halogenated alkanes) is 4. The summed E-state index contributed by atoms with van der Waals surface area (Å²) in [5.41, 5.74) is 2.76. The van der Waals surface area contributed by atoms with Gasteiger partial charge in [0, 0.05) is 19.5 Å². The number of rotatable bonds is 16. The third-order valence-electron chi connectivity index (χ3n) is 7.85. The van der Waals surface area contributed by atoms with Gasteiger partial charge >= 0.3 is 0 Å². The highest BCUT2D eigenvalue weighted by molar-refractivity contribution is 5.99. The lowest BCUT2D eigenvalue weighted by atomic mass is 9.96. The Morgan fingerprint density at radius 1 is 0.810 bits per heavy atom. The molecule has 0 saturated carbocycles. The van der Waals surface area contributed by atoms with Gasteiger partial charge in [-0.15, -0.1) is 0 Å². The van der Waals surface area contributed by atoms with Gasteiger partial charge in [0.1, 0.15) is 18.6 Å². The van der Waals surface area contributed by atoms with Crippen LogP contribution in [0.25, 0.3) is 11.1 Å². The van der Waals surface area contributed by atoms with Gasteiger partial charge in [-0.3, -0.25) is 14.4 Å². The molecule has 0 spiro atoms. The third-order valence-corrected chi connectivity index (χ3v) is 7.85. The van der Waals surface area contributed by atoms with Crippen molar-refractivity contribution in [2.75, 3.05) is 41.0 Å². The summed E-state index contributed by atoms with van der Waals surface area (Å²) in [7, 11) is 4.73. The summed E-state index contributed by atoms with van der Waals surface area (Å²) in [6.45, 7) is 6.90. The molecule has 0 aliphatic carbocycles. The van der Waals surface area contributed by atoms with Crippen molar-refractivity contribution in [3.8, 4) is 28.4 Å². The predicted molar refractivity (Wildman–Crippen MR) is 164 cm³/mol. The number of nitrogens with one attached hydrogen (secondary N) is 1. The van der Waals surface area contributed by atoms with Gasteiger partial charge in [-0.25, -0.2) is 0 Å². The highest BCUT2D eigenvalue weighted by Crippen LogP contribution is 2.41. The molecule has 0 unspecified atom stereocenters. The summed E-state index contributed by atoms with van der Waals surface area (Å²) in [5, 5.41) is 2.92. The highest BCUT2D eigenvalue weighted by atomic mass is 16.5. The molecular formula is C33H47N3O6. The molecule has 2 atom stereocenters. The molecule has 2 aromatic carbocycles. The lowest BCUT2D eigenvalue weighted by Crippen LogP contribution is -2.65. The molecule has 1 aliphatic heterocycles. The molecule has 9 heteroatoms. The molecule has 1 saturated heterocycles. The van der Waals surface area contributed by atoms with E-state index in [2.05, 4.69) is 19.2 Å². The van der Waals surface area contributed by atoms with Crippen LogP contribution >= 0.6 is 0 Å². The fourth-order valence-corrected chi connectivity index (χ4v) is 5.34. The molecule has 0 bridgehead atoms. The zero-order chi connectivity index (χ0) is 30.6. The number of nitrogens with zero attached hydrogens (tertiary/aromatic N) is 2. The molecule has 1 heterocycles. The van der Waals surface area contributed by atoms with E-state index in [0.717, 1.165) is 55.2 Å². The zero-order valence-electron chi connectivity index (χ0n) is 26.0. The van der Waals surface area contributed by atoms with E-state index < -0.39 is 12.1 Å². The Morgan fingerprint density at radius 2 is 1.45 bits per heavy atom. The Balaban J connectivity index is 1.80. The number of benzene rings is 2. The molecule has 9 nitrogen and oxygen atoms in total. The van der Waals surface area contributed by atoms with E-state index >= 15 is 0 Å². The van der Waals surface area contributed by atoms with E-state index in [-0.39, 0.29) is 24.3 Å². The largest absolute Gasteiger partial charge is 0.493 e. The van der Waals surface area contributed by atoms with Crippen molar-refractivity contribution in [3.63, 3.8) is 0 Å². The molecule has 230 valence electrons. The Bertz CT molecular complexity index is 1170. The van der Waals surface area contributed by atoms with E-state index in [4.69, 9.17) is 14.2 Å². The molecular weight excluding hydrogens is 534 g/mol. The maximum atomic E-state index is 13.8. The van der Waals surface area contributed by atoms with Crippen molar-refractivity contribution in [3.05, 3.63) is 42.0 Å². The molecule has 1 fully saturated rings. The van der Waals surface area contributed by atoms with Crippen LogP contribution in [-0.2, 0) is 20.8 Å². The summed E-state index contributed by atoms with van der Waals surface area (Å²) in [6, 6.07) is 10.3. The van der Waals surface area contributed by atoms with Gasteiger partial charge < -0.3 is 29.3 Å². The summed E-state index contributed by atoms with van der Waals surface area (Å²) >= 11 is 0. The van der Waals surface area contributed by atoms with Gasteiger partial charge in [-0.1, -0.05) is 63.8 Å². The second-order valence-electron chi connectivity index (χ2n) is 10.8. The summed E-state index contributed by atoms with van der Waals surface area (Å²) in [6.07, 6.45) is 6.30. The van der Waals surface area contributed by atoms with Crippen LogP contribution in [0.15, 0.2) is 36.4 Å². The molecule has 0 aromatic heterocycles. The Hall–Kier alpha value is -3.75. The van der Waals surface area contributed by atoms with Crippen LogP contribution in [0.5, 0.6) is 17.2 Å². The van der Waals surface area contributed by atoms with Gasteiger partial charge in [-0.2, -0.15) is 0 Å². The number of ether oxygens (including phenoxy) is 3. The van der Waals surface area contributed by atoms with Gasteiger partial charge in [0.15, 0.2) is 11.5 Å². The third kappa shape index (κ3) is 7.95. The molecule has 1 aliphatic rings. The van der Waals surface area contributed by atoms with Crippen LogP contribution < -0.4 is 19.5 Å². The first-order valence-electron chi connectivity index (χ1n) is 15.1. The van der Waals surface area contributed by atoms with Gasteiger partial charge in [-0.05, 0) is 48.6 Å². The summed E-state index contributed by atoms with van der Waals surface area (Å²) < 4.78 is 16.4. The fraction of sp³-hybridized carbons (Fsp3) is 0.545. The molecule has 0 radical (unpaired) electrons. The number of amides is 3. The Kier molecular flexibility index (Phi) is 12.5. The number of hydrogen-bond donors (Lipinski definition) is 1. The SMILES string of the molecule is CCCCCCNC(=O)CN1C(=O)[C@@H](Cc2ccc(-c3cc(OC)c(OC)c(OC)c3)cc2)N(CCCC)C(=O)[C@@H]1C. The minimum Gasteiger partial charge on any atom is -0.493 e. The van der Waals surface area contributed by atoms with Crippen LogP contribution in [0.1, 0.15) is 64.9 Å². The van der Waals surface area contributed by atoms with Crippen molar-refractivity contribution in [1.29, 1.82) is 0 Å². The molecule has 3 rings (SSSR count). The standard InChI is InChI=1S/C33H47N3O6/c1-7-9-11-12-17-34-30(37)22-36-23(3)32(38)35(18-10-8-2)27(33(36)39)19-24-13-15-25(16-14-24)26-20-28(40-4)31(42-6)29(21-26)41-5/h13-16,20-21,23,27H,7-12,17-19,22H2,1-6H3,(H,34,37)/t23-,27+/m0/s1. The van der Waals surface area contributed by atoms with Crippen molar-refractivity contribution in [1.82, 2.24) is 15.1 Å². The number of carbonyl (C=O) groups is 3. The lowest BCUT2D eigenvalue weighted by molar-refractivity contribution is -0.162. The second kappa shape index (κ2) is 16.0. The minimum atomic E-state index is -0.682. The number of piperazine rings is 1. The summed E-state index contributed by atoms with van der Waals surface area (Å²) in [4.78, 5) is 43.2. The number of methoxy groups -OCH3 is 3. The maximum Gasteiger partial charge on any atom is 0.246 e. The Labute approximate surface area is 250 Å².